The van der Waals surface area contributed by atoms with Crippen molar-refractivity contribution in [2.45, 2.75) is 32.2 Å². The third kappa shape index (κ3) is 2.57. The van der Waals surface area contributed by atoms with Gasteiger partial charge in [0.15, 0.2) is 0 Å². The molecule has 0 aromatic carbocycles. The first kappa shape index (κ1) is 11.9. The van der Waals surface area contributed by atoms with Crippen molar-refractivity contribution in [1.29, 1.82) is 0 Å². The van der Waals surface area contributed by atoms with Gasteiger partial charge in [0.1, 0.15) is 0 Å². The topological polar surface area (TPSA) is 54.0 Å². The number of nitrogens with one attached hydrogen (secondary N) is 2. The fourth-order valence-corrected chi connectivity index (χ4v) is 2.40. The number of rotatable bonds is 3. The monoisotopic (exact) mass is 233 g/mol. The van der Waals surface area contributed by atoms with Gasteiger partial charge in [-0.3, -0.25) is 9.78 Å². The number of carbonyl (C=O) groups excluding carboxylic acids is 1. The maximum atomic E-state index is 12.1. The maximum absolute atomic E-state index is 12.1. The van der Waals surface area contributed by atoms with Gasteiger partial charge in [-0.25, -0.2) is 0 Å². The van der Waals surface area contributed by atoms with Gasteiger partial charge in [0.25, 0.3) is 5.91 Å². The van der Waals surface area contributed by atoms with Crippen LogP contribution in [0.2, 0.25) is 0 Å². The summed E-state index contributed by atoms with van der Waals surface area (Å²) >= 11 is 0. The van der Waals surface area contributed by atoms with E-state index in [-0.39, 0.29) is 5.91 Å². The zero-order valence-corrected chi connectivity index (χ0v) is 10.4. The molecule has 2 rings (SSSR count). The van der Waals surface area contributed by atoms with E-state index >= 15 is 0 Å². The summed E-state index contributed by atoms with van der Waals surface area (Å²) in [5.74, 6) is 0.551. The van der Waals surface area contributed by atoms with E-state index in [0.717, 1.165) is 12.1 Å². The molecule has 1 aliphatic rings. The van der Waals surface area contributed by atoms with Gasteiger partial charge in [0, 0.05) is 31.2 Å². The van der Waals surface area contributed by atoms with Crippen molar-refractivity contribution in [2.24, 2.45) is 5.92 Å². The summed E-state index contributed by atoms with van der Waals surface area (Å²) in [5.41, 5.74) is 1.44. The summed E-state index contributed by atoms with van der Waals surface area (Å²) < 4.78 is 0. The van der Waals surface area contributed by atoms with Gasteiger partial charge in [-0.1, -0.05) is 13.3 Å². The van der Waals surface area contributed by atoms with Crippen molar-refractivity contribution in [2.75, 3.05) is 12.4 Å². The lowest BCUT2D eigenvalue weighted by molar-refractivity contribution is 0.0930. The van der Waals surface area contributed by atoms with Gasteiger partial charge in [0.05, 0.1) is 5.56 Å². The Hall–Kier alpha value is -1.58. The highest BCUT2D eigenvalue weighted by Gasteiger charge is 2.25. The fraction of sp³-hybridized carbons (Fsp3) is 0.538. The average Bonchev–Trinajstić information content (AvgIpc) is 2.75. The number of pyridine rings is 1. The summed E-state index contributed by atoms with van der Waals surface area (Å²) in [6.45, 7) is 2.19. The van der Waals surface area contributed by atoms with Crippen molar-refractivity contribution in [3.05, 3.63) is 24.0 Å². The van der Waals surface area contributed by atoms with Crippen LogP contribution in [0, 0.1) is 5.92 Å². The minimum Gasteiger partial charge on any atom is -0.387 e. The Kier molecular flexibility index (Phi) is 3.61. The molecule has 4 heteroatoms. The Morgan fingerprint density at radius 2 is 2.29 bits per heavy atom. The quantitative estimate of drug-likeness (QED) is 0.840. The molecule has 0 radical (unpaired) electrons. The van der Waals surface area contributed by atoms with Gasteiger partial charge in [0.2, 0.25) is 0 Å². The largest absolute Gasteiger partial charge is 0.387 e. The predicted molar refractivity (Wildman–Crippen MR) is 68.1 cm³/mol. The van der Waals surface area contributed by atoms with Crippen molar-refractivity contribution < 1.29 is 4.79 Å². The minimum absolute atomic E-state index is 0.0267. The van der Waals surface area contributed by atoms with Crippen molar-refractivity contribution >= 4 is 11.6 Å². The van der Waals surface area contributed by atoms with Crippen LogP contribution in [-0.2, 0) is 0 Å². The lowest BCUT2D eigenvalue weighted by Gasteiger charge is -2.18. The molecule has 1 amide bonds. The number of carbonyl (C=O) groups is 1. The van der Waals surface area contributed by atoms with Gasteiger partial charge >= 0.3 is 0 Å². The van der Waals surface area contributed by atoms with Crippen LogP contribution < -0.4 is 10.6 Å². The summed E-state index contributed by atoms with van der Waals surface area (Å²) in [6.07, 6.45) is 6.79. The van der Waals surface area contributed by atoms with Crippen LogP contribution in [0.4, 0.5) is 5.69 Å². The Morgan fingerprint density at radius 1 is 1.47 bits per heavy atom. The Morgan fingerprint density at radius 3 is 2.94 bits per heavy atom. The number of amides is 1. The molecule has 0 saturated heterocycles. The lowest BCUT2D eigenvalue weighted by Crippen LogP contribution is -2.36. The summed E-state index contributed by atoms with van der Waals surface area (Å²) in [4.78, 5) is 16.1. The highest BCUT2D eigenvalue weighted by atomic mass is 16.1. The summed E-state index contributed by atoms with van der Waals surface area (Å²) in [7, 11) is 1.81. The molecule has 92 valence electrons. The minimum atomic E-state index is -0.0267. The number of nitrogens with zero attached hydrogens (tertiary/aromatic N) is 1. The van der Waals surface area contributed by atoms with Crippen molar-refractivity contribution in [1.82, 2.24) is 10.3 Å². The molecule has 1 aromatic rings. The molecule has 0 bridgehead atoms. The maximum Gasteiger partial charge on any atom is 0.255 e. The van der Waals surface area contributed by atoms with Gasteiger partial charge in [-0.2, -0.15) is 0 Å². The molecular weight excluding hydrogens is 214 g/mol. The Bertz CT molecular complexity index is 405. The zero-order valence-electron chi connectivity index (χ0n) is 10.4. The lowest BCUT2D eigenvalue weighted by atomic mass is 10.1. The first-order valence-corrected chi connectivity index (χ1v) is 6.15. The molecule has 1 aromatic heterocycles. The molecule has 4 nitrogen and oxygen atoms in total. The molecule has 1 fully saturated rings. The van der Waals surface area contributed by atoms with Gasteiger partial charge in [-0.15, -0.1) is 0 Å². The second-order valence-electron chi connectivity index (χ2n) is 4.66. The smallest absolute Gasteiger partial charge is 0.255 e. The molecule has 17 heavy (non-hydrogen) atoms. The molecule has 2 N–H and O–H groups in total. The first-order valence-electron chi connectivity index (χ1n) is 6.15. The second-order valence-corrected chi connectivity index (χ2v) is 4.66. The number of hydrogen-bond donors (Lipinski definition) is 2. The fourth-order valence-electron chi connectivity index (χ4n) is 2.40. The highest BCUT2D eigenvalue weighted by Crippen LogP contribution is 2.25. The van der Waals surface area contributed by atoms with Gasteiger partial charge < -0.3 is 10.6 Å². The van der Waals surface area contributed by atoms with E-state index in [1.54, 1.807) is 12.4 Å². The van der Waals surface area contributed by atoms with E-state index in [1.807, 2.05) is 13.1 Å². The molecule has 0 spiro atoms. The van der Waals surface area contributed by atoms with Crippen LogP contribution in [0.3, 0.4) is 0 Å². The van der Waals surface area contributed by atoms with Crippen LogP contribution in [-0.4, -0.2) is 24.0 Å². The first-order chi connectivity index (χ1) is 8.22. The third-order valence-corrected chi connectivity index (χ3v) is 3.51. The Balaban J connectivity index is 2.09. The molecule has 0 aliphatic heterocycles. The molecule has 1 saturated carbocycles. The second kappa shape index (κ2) is 5.17. The molecule has 1 heterocycles. The van der Waals surface area contributed by atoms with Crippen LogP contribution in [0.5, 0.6) is 0 Å². The van der Waals surface area contributed by atoms with Crippen molar-refractivity contribution in [3.63, 3.8) is 0 Å². The third-order valence-electron chi connectivity index (χ3n) is 3.51. The van der Waals surface area contributed by atoms with Crippen LogP contribution >= 0.6 is 0 Å². The molecule has 2 unspecified atom stereocenters. The molecule has 1 aliphatic carbocycles. The highest BCUT2D eigenvalue weighted by molar-refractivity contribution is 5.99. The SMILES string of the molecule is CNc1ccncc1C(=O)NC1CCCC1C. The van der Waals surface area contributed by atoms with E-state index in [4.69, 9.17) is 0 Å². The van der Waals surface area contributed by atoms with Gasteiger partial charge in [-0.05, 0) is 24.8 Å². The van der Waals surface area contributed by atoms with Crippen molar-refractivity contribution in [3.8, 4) is 0 Å². The summed E-state index contributed by atoms with van der Waals surface area (Å²) in [6, 6.07) is 2.12. The molecular formula is C13H19N3O. The van der Waals surface area contributed by atoms with Crippen LogP contribution in [0.15, 0.2) is 18.5 Å². The normalized spacial score (nSPS) is 23.4. The number of hydrogen-bond acceptors (Lipinski definition) is 3. The Labute approximate surface area is 102 Å². The number of anilines is 1. The van der Waals surface area contributed by atoms with E-state index in [2.05, 4.69) is 22.5 Å². The molecule has 2 atom stereocenters. The van der Waals surface area contributed by atoms with E-state index in [9.17, 15) is 4.79 Å². The van der Waals surface area contributed by atoms with Crippen LogP contribution in [0.25, 0.3) is 0 Å². The standard InChI is InChI=1S/C13H19N3O/c1-9-4-3-5-11(9)16-13(17)10-8-15-7-6-12(10)14-2/h6-9,11H,3-5H2,1-2H3,(H,14,15)(H,16,17). The van der Waals surface area contributed by atoms with Crippen LogP contribution in [0.1, 0.15) is 36.5 Å². The van der Waals surface area contributed by atoms with E-state index < -0.39 is 0 Å². The summed E-state index contributed by atoms with van der Waals surface area (Å²) in [5, 5.41) is 6.11. The van der Waals surface area contributed by atoms with E-state index in [0.29, 0.717) is 17.5 Å². The zero-order chi connectivity index (χ0) is 12.3. The number of aromatic nitrogens is 1. The predicted octanol–water partition coefficient (Wildman–Crippen LogP) is 2.04. The van der Waals surface area contributed by atoms with E-state index in [1.165, 1.54) is 12.8 Å². The average molecular weight is 233 g/mol.